The lowest BCUT2D eigenvalue weighted by molar-refractivity contribution is -0.132. The van der Waals surface area contributed by atoms with Crippen LogP contribution in [0.3, 0.4) is 0 Å². The summed E-state index contributed by atoms with van der Waals surface area (Å²) in [4.78, 5) is 19.3. The van der Waals surface area contributed by atoms with Gasteiger partial charge in [0.05, 0.1) is 0 Å². The van der Waals surface area contributed by atoms with Gasteiger partial charge in [-0.3, -0.25) is 4.79 Å². The van der Waals surface area contributed by atoms with E-state index >= 15 is 0 Å². The normalized spacial score (nSPS) is 15.5. The first-order chi connectivity index (χ1) is 13.6. The van der Waals surface area contributed by atoms with E-state index < -0.39 is 0 Å². The van der Waals surface area contributed by atoms with Crippen LogP contribution in [-0.2, 0) is 11.2 Å². The Bertz CT molecular complexity index is 902. The lowest BCUT2D eigenvalue weighted by Crippen LogP contribution is -2.38. The van der Waals surface area contributed by atoms with Gasteiger partial charge in [-0.1, -0.05) is 50.2 Å². The summed E-state index contributed by atoms with van der Waals surface area (Å²) < 4.78 is 5.92. The molecule has 1 saturated heterocycles. The summed E-state index contributed by atoms with van der Waals surface area (Å²) in [6, 6.07) is 16.5. The Morgan fingerprint density at radius 3 is 2.50 bits per heavy atom. The first-order valence-corrected chi connectivity index (χ1v) is 10.3. The molecule has 1 aliphatic heterocycles. The number of aromatic nitrogens is 1. The first-order valence-electron chi connectivity index (χ1n) is 10.3. The van der Waals surface area contributed by atoms with Crippen molar-refractivity contribution in [2.24, 2.45) is 0 Å². The molecular weight excluding hydrogens is 348 g/mol. The van der Waals surface area contributed by atoms with E-state index in [1.165, 1.54) is 11.1 Å². The van der Waals surface area contributed by atoms with Gasteiger partial charge in [0.15, 0.2) is 11.5 Å². The molecule has 0 spiro atoms. The second-order valence-corrected chi connectivity index (χ2v) is 8.07. The van der Waals surface area contributed by atoms with Crippen molar-refractivity contribution in [3.63, 3.8) is 0 Å². The average Bonchev–Trinajstić information content (AvgIpc) is 3.16. The number of oxazole rings is 1. The second kappa shape index (κ2) is 8.17. The number of para-hydroxylation sites is 2. The number of likely N-dealkylation sites (tertiary alicyclic amines) is 1. The van der Waals surface area contributed by atoms with E-state index in [1.54, 1.807) is 0 Å². The molecular formula is C24H28N2O2. The van der Waals surface area contributed by atoms with Crippen LogP contribution in [0.4, 0.5) is 0 Å². The summed E-state index contributed by atoms with van der Waals surface area (Å²) in [7, 11) is 0. The van der Waals surface area contributed by atoms with Gasteiger partial charge in [-0.15, -0.1) is 0 Å². The second-order valence-electron chi connectivity index (χ2n) is 8.07. The van der Waals surface area contributed by atoms with Crippen LogP contribution in [0.15, 0.2) is 52.9 Å². The molecule has 1 amide bonds. The van der Waals surface area contributed by atoms with Crippen molar-refractivity contribution in [2.75, 3.05) is 13.1 Å². The van der Waals surface area contributed by atoms with Gasteiger partial charge in [0.1, 0.15) is 5.52 Å². The molecule has 0 N–H and O–H groups in total. The monoisotopic (exact) mass is 376 g/mol. The number of carbonyl (C=O) groups excluding carboxylic acids is 1. The summed E-state index contributed by atoms with van der Waals surface area (Å²) in [5.41, 5.74) is 4.34. The van der Waals surface area contributed by atoms with Crippen molar-refractivity contribution in [1.82, 2.24) is 9.88 Å². The van der Waals surface area contributed by atoms with Gasteiger partial charge >= 0.3 is 0 Å². The number of hydrogen-bond donors (Lipinski definition) is 0. The van der Waals surface area contributed by atoms with Crippen LogP contribution in [-0.4, -0.2) is 28.9 Å². The molecule has 0 radical (unpaired) electrons. The van der Waals surface area contributed by atoms with Crippen LogP contribution >= 0.6 is 0 Å². The van der Waals surface area contributed by atoms with Crippen LogP contribution in [0, 0.1) is 0 Å². The highest BCUT2D eigenvalue weighted by atomic mass is 16.3. The molecule has 0 atom stereocenters. The summed E-state index contributed by atoms with van der Waals surface area (Å²) >= 11 is 0. The Hall–Kier alpha value is -2.62. The predicted octanol–water partition coefficient (Wildman–Crippen LogP) is 5.29. The zero-order chi connectivity index (χ0) is 19.5. The Morgan fingerprint density at radius 2 is 1.82 bits per heavy atom. The fraction of sp³-hybridized carbons (Fsp3) is 0.417. The van der Waals surface area contributed by atoms with Gasteiger partial charge in [0.2, 0.25) is 5.91 Å². The topological polar surface area (TPSA) is 46.3 Å². The number of amides is 1. The molecule has 1 aromatic heterocycles. The lowest BCUT2D eigenvalue weighted by atomic mass is 9.96. The standard InChI is InChI=1S/C24H28N2O2/c1-17(2)19-10-7-18(8-11-19)9-12-23(27)26-15-13-20(14-16-26)24-25-21-5-3-4-6-22(21)28-24/h3-8,10-11,17,20H,9,12-16H2,1-2H3. The highest BCUT2D eigenvalue weighted by Crippen LogP contribution is 2.30. The molecule has 3 aromatic rings. The maximum absolute atomic E-state index is 12.6. The third kappa shape index (κ3) is 4.11. The molecule has 0 aliphatic carbocycles. The highest BCUT2D eigenvalue weighted by Gasteiger charge is 2.26. The molecule has 146 valence electrons. The van der Waals surface area contributed by atoms with Crippen LogP contribution in [0.5, 0.6) is 0 Å². The quantitative estimate of drug-likeness (QED) is 0.608. The van der Waals surface area contributed by atoms with E-state index in [0.717, 1.165) is 49.3 Å². The Balaban J connectivity index is 1.28. The van der Waals surface area contributed by atoms with E-state index in [0.29, 0.717) is 18.3 Å². The largest absolute Gasteiger partial charge is 0.440 e. The summed E-state index contributed by atoms with van der Waals surface area (Å²) in [5.74, 6) is 1.92. The first kappa shape index (κ1) is 18.7. The van der Waals surface area contributed by atoms with Crippen LogP contribution in [0.25, 0.3) is 11.1 Å². The number of rotatable bonds is 5. The third-order valence-corrected chi connectivity index (χ3v) is 5.78. The Labute approximate surface area is 166 Å². The van der Waals surface area contributed by atoms with Crippen molar-refractivity contribution in [2.45, 2.75) is 51.4 Å². The summed E-state index contributed by atoms with van der Waals surface area (Å²) in [6.07, 6.45) is 3.22. The van der Waals surface area contributed by atoms with E-state index in [-0.39, 0.29) is 5.91 Å². The van der Waals surface area contributed by atoms with Crippen LogP contribution in [0.1, 0.15) is 62.0 Å². The zero-order valence-corrected chi connectivity index (χ0v) is 16.7. The third-order valence-electron chi connectivity index (χ3n) is 5.78. The fourth-order valence-electron chi connectivity index (χ4n) is 3.92. The fourth-order valence-corrected chi connectivity index (χ4v) is 3.92. The number of piperidine rings is 1. The maximum atomic E-state index is 12.6. The summed E-state index contributed by atoms with van der Waals surface area (Å²) in [5, 5.41) is 0. The predicted molar refractivity (Wildman–Crippen MR) is 111 cm³/mol. The minimum atomic E-state index is 0.254. The smallest absolute Gasteiger partial charge is 0.222 e. The molecule has 0 bridgehead atoms. The van der Waals surface area contributed by atoms with Crippen molar-refractivity contribution >= 4 is 17.0 Å². The van der Waals surface area contributed by atoms with Gasteiger partial charge in [-0.05, 0) is 48.4 Å². The molecule has 2 aromatic carbocycles. The number of hydrogen-bond acceptors (Lipinski definition) is 3. The van der Waals surface area contributed by atoms with E-state index in [2.05, 4.69) is 43.1 Å². The SMILES string of the molecule is CC(C)c1ccc(CCC(=O)N2CCC(c3nc4ccccc4o3)CC2)cc1. The average molecular weight is 377 g/mol. The Kier molecular flexibility index (Phi) is 5.47. The van der Waals surface area contributed by atoms with Gasteiger partial charge in [0, 0.05) is 25.4 Å². The number of nitrogens with zero attached hydrogens (tertiary/aromatic N) is 2. The number of carbonyl (C=O) groups is 1. The molecule has 4 nitrogen and oxygen atoms in total. The summed E-state index contributed by atoms with van der Waals surface area (Å²) in [6.45, 7) is 5.97. The number of fused-ring (bicyclic) bond motifs is 1. The lowest BCUT2D eigenvalue weighted by Gasteiger charge is -2.30. The highest BCUT2D eigenvalue weighted by molar-refractivity contribution is 5.76. The number of aryl methyl sites for hydroxylation is 1. The molecule has 2 heterocycles. The number of benzene rings is 2. The van der Waals surface area contributed by atoms with Gasteiger partial charge in [-0.25, -0.2) is 4.98 Å². The Morgan fingerprint density at radius 1 is 1.11 bits per heavy atom. The van der Waals surface area contributed by atoms with Crippen molar-refractivity contribution in [3.05, 3.63) is 65.5 Å². The minimum absolute atomic E-state index is 0.254. The van der Waals surface area contributed by atoms with E-state index in [4.69, 9.17) is 4.42 Å². The van der Waals surface area contributed by atoms with Gasteiger partial charge in [-0.2, -0.15) is 0 Å². The van der Waals surface area contributed by atoms with Crippen LogP contribution in [0.2, 0.25) is 0 Å². The van der Waals surface area contributed by atoms with Crippen molar-refractivity contribution < 1.29 is 9.21 Å². The van der Waals surface area contributed by atoms with Crippen molar-refractivity contribution in [1.29, 1.82) is 0 Å². The van der Waals surface area contributed by atoms with Crippen molar-refractivity contribution in [3.8, 4) is 0 Å². The van der Waals surface area contributed by atoms with E-state index in [9.17, 15) is 4.79 Å². The molecule has 1 aliphatic rings. The molecule has 0 saturated carbocycles. The van der Waals surface area contributed by atoms with Gasteiger partial charge < -0.3 is 9.32 Å². The molecule has 0 unspecified atom stereocenters. The maximum Gasteiger partial charge on any atom is 0.222 e. The molecule has 4 rings (SSSR count). The minimum Gasteiger partial charge on any atom is -0.440 e. The molecule has 1 fully saturated rings. The molecule has 4 heteroatoms. The zero-order valence-electron chi connectivity index (χ0n) is 16.7. The van der Waals surface area contributed by atoms with Gasteiger partial charge in [0.25, 0.3) is 0 Å². The molecule has 28 heavy (non-hydrogen) atoms. The van der Waals surface area contributed by atoms with E-state index in [1.807, 2.05) is 29.2 Å². The van der Waals surface area contributed by atoms with Crippen LogP contribution < -0.4 is 0 Å².